The third-order valence-corrected chi connectivity index (χ3v) is 3.64. The van der Waals surface area contributed by atoms with Crippen LogP contribution in [0.1, 0.15) is 38.2 Å². The van der Waals surface area contributed by atoms with Gasteiger partial charge in [0.1, 0.15) is 0 Å². The molecule has 2 N–H and O–H groups in total. The lowest BCUT2D eigenvalue weighted by Crippen LogP contribution is -2.30. The lowest BCUT2D eigenvalue weighted by atomic mass is 9.85. The van der Waals surface area contributed by atoms with Gasteiger partial charge in [-0.3, -0.25) is 0 Å². The van der Waals surface area contributed by atoms with Crippen LogP contribution in [0.15, 0.2) is 24.3 Å². The largest absolute Gasteiger partial charge is 0.392 e. The summed E-state index contributed by atoms with van der Waals surface area (Å²) in [6, 6.07) is 8.61. The summed E-state index contributed by atoms with van der Waals surface area (Å²) in [4.78, 5) is 0. The van der Waals surface area contributed by atoms with Gasteiger partial charge < -0.3 is 10.4 Å². The van der Waals surface area contributed by atoms with E-state index in [0.717, 1.165) is 17.2 Å². The number of nitrogens with one attached hydrogen (secondary N) is 1. The summed E-state index contributed by atoms with van der Waals surface area (Å²) < 4.78 is 0. The van der Waals surface area contributed by atoms with Gasteiger partial charge in [-0.1, -0.05) is 38.0 Å². The second-order valence-electron chi connectivity index (χ2n) is 4.83. The molecule has 0 aliphatic heterocycles. The van der Waals surface area contributed by atoms with Gasteiger partial charge in [-0.05, 0) is 24.8 Å². The number of benzene rings is 1. The van der Waals surface area contributed by atoms with Crippen molar-refractivity contribution in [2.24, 2.45) is 5.92 Å². The van der Waals surface area contributed by atoms with E-state index in [1.807, 2.05) is 18.2 Å². The topological polar surface area (TPSA) is 32.3 Å². The summed E-state index contributed by atoms with van der Waals surface area (Å²) >= 11 is 0. The minimum Gasteiger partial charge on any atom is -0.392 e. The molecule has 2 nitrogen and oxygen atoms in total. The van der Waals surface area contributed by atoms with Crippen molar-refractivity contribution in [3.63, 3.8) is 0 Å². The lowest BCUT2D eigenvalue weighted by Gasteiger charge is -2.31. The normalized spacial score (nSPS) is 25.4. The van der Waals surface area contributed by atoms with Gasteiger partial charge in [-0.25, -0.2) is 0 Å². The number of rotatable bonds is 3. The number of aliphatic hydroxyl groups is 1. The minimum absolute atomic E-state index is 0.115. The molecule has 1 aliphatic carbocycles. The molecule has 2 unspecified atom stereocenters. The van der Waals surface area contributed by atoms with E-state index in [-0.39, 0.29) is 6.61 Å². The Balaban J connectivity index is 2.07. The lowest BCUT2D eigenvalue weighted by molar-refractivity contribution is 0.282. The molecule has 2 atom stereocenters. The molecule has 0 heterocycles. The first-order valence-corrected chi connectivity index (χ1v) is 6.26. The molecule has 2 heteroatoms. The summed E-state index contributed by atoms with van der Waals surface area (Å²) in [5, 5.41) is 12.9. The Bertz CT molecular complexity index is 337. The maximum atomic E-state index is 9.27. The van der Waals surface area contributed by atoms with Crippen molar-refractivity contribution in [3.05, 3.63) is 29.8 Å². The van der Waals surface area contributed by atoms with Gasteiger partial charge in [0, 0.05) is 17.3 Å². The van der Waals surface area contributed by atoms with Gasteiger partial charge in [0.05, 0.1) is 6.61 Å². The highest BCUT2D eigenvalue weighted by Crippen LogP contribution is 2.27. The molecule has 1 aliphatic rings. The zero-order valence-electron chi connectivity index (χ0n) is 9.95. The average molecular weight is 219 g/mol. The molecule has 1 saturated carbocycles. The molecule has 1 fully saturated rings. The monoisotopic (exact) mass is 219 g/mol. The highest BCUT2D eigenvalue weighted by molar-refractivity contribution is 5.51. The predicted molar refractivity (Wildman–Crippen MR) is 67.4 cm³/mol. The van der Waals surface area contributed by atoms with E-state index in [1.54, 1.807) is 0 Å². The second-order valence-corrected chi connectivity index (χ2v) is 4.83. The maximum Gasteiger partial charge on any atom is 0.0701 e. The molecule has 2 rings (SSSR count). The Morgan fingerprint density at radius 3 is 2.75 bits per heavy atom. The number of hydrogen-bond acceptors (Lipinski definition) is 2. The van der Waals surface area contributed by atoms with Gasteiger partial charge in [0.2, 0.25) is 0 Å². The second kappa shape index (κ2) is 5.35. The Morgan fingerprint density at radius 2 is 2.00 bits per heavy atom. The summed E-state index contributed by atoms with van der Waals surface area (Å²) in [5.41, 5.74) is 2.10. The van der Waals surface area contributed by atoms with E-state index in [0.29, 0.717) is 6.04 Å². The quantitative estimate of drug-likeness (QED) is 0.818. The summed E-state index contributed by atoms with van der Waals surface area (Å²) in [6.45, 7) is 2.43. The first kappa shape index (κ1) is 11.5. The molecular weight excluding hydrogens is 198 g/mol. The van der Waals surface area contributed by atoms with Gasteiger partial charge in [0.25, 0.3) is 0 Å². The van der Waals surface area contributed by atoms with Crippen LogP contribution < -0.4 is 5.32 Å². The molecule has 0 amide bonds. The molecule has 1 aromatic carbocycles. The third kappa shape index (κ3) is 2.56. The van der Waals surface area contributed by atoms with Gasteiger partial charge in [-0.2, -0.15) is 0 Å². The zero-order valence-corrected chi connectivity index (χ0v) is 9.95. The van der Waals surface area contributed by atoms with Gasteiger partial charge >= 0.3 is 0 Å². The predicted octanol–water partition coefficient (Wildman–Crippen LogP) is 3.17. The van der Waals surface area contributed by atoms with Crippen molar-refractivity contribution in [1.29, 1.82) is 0 Å². The molecule has 0 bridgehead atoms. The van der Waals surface area contributed by atoms with Crippen LogP contribution in [0.4, 0.5) is 5.69 Å². The molecule has 0 radical (unpaired) electrons. The van der Waals surface area contributed by atoms with Crippen molar-refractivity contribution in [2.75, 3.05) is 5.32 Å². The summed E-state index contributed by atoms with van der Waals surface area (Å²) in [7, 11) is 0. The molecular formula is C14H21NO. The summed E-state index contributed by atoms with van der Waals surface area (Å²) in [5.74, 6) is 0.737. The van der Waals surface area contributed by atoms with E-state index >= 15 is 0 Å². The number of aliphatic hydroxyl groups excluding tert-OH is 1. The molecule has 1 aromatic rings. The molecule has 0 spiro atoms. The Labute approximate surface area is 97.7 Å². The van der Waals surface area contributed by atoms with E-state index < -0.39 is 0 Å². The van der Waals surface area contributed by atoms with Crippen LogP contribution >= 0.6 is 0 Å². The van der Waals surface area contributed by atoms with Crippen molar-refractivity contribution >= 4 is 5.69 Å². The highest BCUT2D eigenvalue weighted by Gasteiger charge is 2.21. The fourth-order valence-corrected chi connectivity index (χ4v) is 2.53. The summed E-state index contributed by atoms with van der Waals surface area (Å²) in [6.07, 6.45) is 5.25. The highest BCUT2D eigenvalue weighted by atomic mass is 16.3. The zero-order chi connectivity index (χ0) is 11.4. The van der Waals surface area contributed by atoms with Gasteiger partial charge in [-0.15, -0.1) is 0 Å². The Morgan fingerprint density at radius 1 is 1.25 bits per heavy atom. The van der Waals surface area contributed by atoms with Crippen LogP contribution in [0.5, 0.6) is 0 Å². The molecule has 0 saturated heterocycles. The van der Waals surface area contributed by atoms with E-state index in [1.165, 1.54) is 25.7 Å². The van der Waals surface area contributed by atoms with Crippen molar-refractivity contribution < 1.29 is 5.11 Å². The third-order valence-electron chi connectivity index (χ3n) is 3.64. The van der Waals surface area contributed by atoms with Crippen LogP contribution in [-0.4, -0.2) is 11.1 Å². The van der Waals surface area contributed by atoms with E-state index in [2.05, 4.69) is 18.3 Å². The van der Waals surface area contributed by atoms with Crippen LogP contribution in [0.25, 0.3) is 0 Å². The Kier molecular flexibility index (Phi) is 3.83. The van der Waals surface area contributed by atoms with Crippen LogP contribution in [-0.2, 0) is 6.61 Å². The Hall–Kier alpha value is -1.02. The number of hydrogen-bond donors (Lipinski definition) is 2. The van der Waals surface area contributed by atoms with Crippen LogP contribution in [0.2, 0.25) is 0 Å². The van der Waals surface area contributed by atoms with E-state index in [4.69, 9.17) is 0 Å². The smallest absolute Gasteiger partial charge is 0.0701 e. The molecule has 0 aromatic heterocycles. The van der Waals surface area contributed by atoms with Crippen LogP contribution in [0, 0.1) is 5.92 Å². The molecule has 16 heavy (non-hydrogen) atoms. The van der Waals surface area contributed by atoms with Crippen molar-refractivity contribution in [1.82, 2.24) is 0 Å². The first-order chi connectivity index (χ1) is 7.81. The fraction of sp³-hybridized carbons (Fsp3) is 0.571. The number of anilines is 1. The molecule has 88 valence electrons. The van der Waals surface area contributed by atoms with Crippen molar-refractivity contribution in [3.8, 4) is 0 Å². The van der Waals surface area contributed by atoms with Gasteiger partial charge in [0.15, 0.2) is 0 Å². The first-order valence-electron chi connectivity index (χ1n) is 6.26. The number of para-hydroxylation sites is 1. The average Bonchev–Trinajstić information content (AvgIpc) is 2.33. The van der Waals surface area contributed by atoms with E-state index in [9.17, 15) is 5.11 Å². The standard InChI is InChI=1S/C14H21NO/c1-11-6-2-4-8-13(11)15-14-9-5-3-7-12(14)10-16/h3,5,7,9,11,13,15-16H,2,4,6,8,10H2,1H3. The fourth-order valence-electron chi connectivity index (χ4n) is 2.53. The SMILES string of the molecule is CC1CCCCC1Nc1ccccc1CO. The van der Waals surface area contributed by atoms with Crippen molar-refractivity contribution in [2.45, 2.75) is 45.3 Å². The van der Waals surface area contributed by atoms with Crippen LogP contribution in [0.3, 0.4) is 0 Å². The minimum atomic E-state index is 0.115. The maximum absolute atomic E-state index is 9.27.